The van der Waals surface area contributed by atoms with Crippen LogP contribution in [-0.4, -0.2) is 24.4 Å². The van der Waals surface area contributed by atoms with Gasteiger partial charge >= 0.3 is 0 Å². The third-order valence-corrected chi connectivity index (χ3v) is 3.79. The van der Waals surface area contributed by atoms with E-state index in [-0.39, 0.29) is 6.10 Å². The summed E-state index contributed by atoms with van der Waals surface area (Å²) < 4.78 is 11.3. The number of aliphatic hydroxyl groups is 1. The lowest BCUT2D eigenvalue weighted by molar-refractivity contribution is 0.0302. The molecule has 3 rings (SSSR count). The first kappa shape index (κ1) is 11.3. The molecule has 1 saturated heterocycles. The molecule has 0 radical (unpaired) electrons. The maximum atomic E-state index is 10.1. The van der Waals surface area contributed by atoms with Gasteiger partial charge in [0.2, 0.25) is 0 Å². The molecule has 0 aliphatic carbocycles. The normalized spacial score (nSPS) is 32.0. The highest BCUT2D eigenvalue weighted by Crippen LogP contribution is 2.39. The van der Waals surface area contributed by atoms with Crippen LogP contribution in [-0.2, 0) is 4.74 Å². The molecule has 1 aromatic rings. The van der Waals surface area contributed by atoms with E-state index in [9.17, 15) is 5.11 Å². The summed E-state index contributed by atoms with van der Waals surface area (Å²) in [7, 11) is 0. The van der Waals surface area contributed by atoms with Crippen LogP contribution in [0.1, 0.15) is 24.5 Å². The smallest absolute Gasteiger partial charge is 0.125 e. The molecule has 0 saturated carbocycles. The summed E-state index contributed by atoms with van der Waals surface area (Å²) in [6, 6.07) is 5.41. The Morgan fingerprint density at radius 1 is 1.35 bits per heavy atom. The summed E-state index contributed by atoms with van der Waals surface area (Å²) in [5.74, 6) is 1.15. The number of halogens is 1. The highest BCUT2D eigenvalue weighted by atomic mass is 35.5. The summed E-state index contributed by atoms with van der Waals surface area (Å²) in [6.45, 7) is 1.54. The van der Waals surface area contributed by atoms with E-state index in [2.05, 4.69) is 0 Å². The van der Waals surface area contributed by atoms with E-state index < -0.39 is 6.10 Å². The lowest BCUT2D eigenvalue weighted by Gasteiger charge is -2.32. The van der Waals surface area contributed by atoms with E-state index in [1.54, 1.807) is 12.1 Å². The van der Waals surface area contributed by atoms with Crippen molar-refractivity contribution in [1.82, 2.24) is 0 Å². The number of hydrogen-bond acceptors (Lipinski definition) is 3. The highest BCUT2D eigenvalue weighted by Gasteiger charge is 2.34. The molecule has 1 fully saturated rings. The lowest BCUT2D eigenvalue weighted by atomic mass is 9.91. The van der Waals surface area contributed by atoms with Gasteiger partial charge in [0.1, 0.15) is 11.9 Å². The average molecular weight is 255 g/mol. The van der Waals surface area contributed by atoms with Crippen LogP contribution >= 0.6 is 11.6 Å². The molecule has 0 aromatic heterocycles. The Balaban J connectivity index is 1.84. The Morgan fingerprint density at radius 2 is 2.24 bits per heavy atom. The highest BCUT2D eigenvalue weighted by molar-refractivity contribution is 6.30. The standard InChI is InChI=1S/C13H15ClO3/c14-9-1-2-12-10(5-9)11(15)6-13(17-12)8-3-4-16-7-8/h1-2,5,8,11,13,15H,3-4,6-7H2. The first-order valence-electron chi connectivity index (χ1n) is 5.96. The van der Waals surface area contributed by atoms with Crippen molar-refractivity contribution >= 4 is 11.6 Å². The van der Waals surface area contributed by atoms with Crippen LogP contribution in [0, 0.1) is 5.92 Å². The third kappa shape index (κ3) is 2.15. The SMILES string of the molecule is OC1CC(C2CCOC2)Oc2ccc(Cl)cc21. The predicted octanol–water partition coefficient (Wildman–Crippen LogP) is 2.56. The Hall–Kier alpha value is -0.770. The van der Waals surface area contributed by atoms with Crippen molar-refractivity contribution in [1.29, 1.82) is 0 Å². The number of hydrogen-bond donors (Lipinski definition) is 1. The Kier molecular flexibility index (Phi) is 2.99. The van der Waals surface area contributed by atoms with E-state index in [1.807, 2.05) is 6.07 Å². The van der Waals surface area contributed by atoms with Crippen LogP contribution in [0.15, 0.2) is 18.2 Å². The number of aliphatic hydroxyl groups excluding tert-OH is 1. The van der Waals surface area contributed by atoms with Crippen LogP contribution in [0.5, 0.6) is 5.75 Å². The van der Waals surface area contributed by atoms with Crippen LogP contribution in [0.25, 0.3) is 0 Å². The molecule has 0 spiro atoms. The van der Waals surface area contributed by atoms with E-state index in [0.29, 0.717) is 17.4 Å². The van der Waals surface area contributed by atoms with E-state index >= 15 is 0 Å². The minimum atomic E-state index is -0.483. The zero-order chi connectivity index (χ0) is 11.8. The second-order valence-corrected chi connectivity index (χ2v) is 5.15. The van der Waals surface area contributed by atoms with Gasteiger partial charge in [0.25, 0.3) is 0 Å². The molecule has 3 nitrogen and oxygen atoms in total. The van der Waals surface area contributed by atoms with Crippen molar-refractivity contribution in [3.8, 4) is 5.75 Å². The summed E-state index contributed by atoms with van der Waals surface area (Å²) in [6.07, 6.45) is 1.21. The number of ether oxygens (including phenoxy) is 2. The Morgan fingerprint density at radius 3 is 3.00 bits per heavy atom. The summed E-state index contributed by atoms with van der Waals surface area (Å²) in [5, 5.41) is 10.8. The molecular formula is C13H15ClO3. The zero-order valence-corrected chi connectivity index (χ0v) is 10.2. The lowest BCUT2D eigenvalue weighted by Crippen LogP contribution is -2.33. The van der Waals surface area contributed by atoms with Gasteiger partial charge < -0.3 is 14.6 Å². The third-order valence-electron chi connectivity index (χ3n) is 3.56. The molecule has 3 atom stereocenters. The predicted molar refractivity (Wildman–Crippen MR) is 64.4 cm³/mol. The fourth-order valence-corrected chi connectivity index (χ4v) is 2.76. The Bertz CT molecular complexity index is 415. The van der Waals surface area contributed by atoms with Gasteiger partial charge in [-0.05, 0) is 24.6 Å². The molecule has 17 heavy (non-hydrogen) atoms. The van der Waals surface area contributed by atoms with Crippen LogP contribution in [0.4, 0.5) is 0 Å². The van der Waals surface area contributed by atoms with Crippen molar-refractivity contribution < 1.29 is 14.6 Å². The monoisotopic (exact) mass is 254 g/mol. The minimum absolute atomic E-state index is 0.0566. The topological polar surface area (TPSA) is 38.7 Å². The molecule has 2 aliphatic rings. The van der Waals surface area contributed by atoms with Gasteiger partial charge in [-0.1, -0.05) is 11.6 Å². The second-order valence-electron chi connectivity index (χ2n) is 4.71. The summed E-state index contributed by atoms with van der Waals surface area (Å²) in [4.78, 5) is 0. The average Bonchev–Trinajstić information content (AvgIpc) is 2.83. The molecule has 1 N–H and O–H groups in total. The fourth-order valence-electron chi connectivity index (χ4n) is 2.58. The van der Waals surface area contributed by atoms with Crippen molar-refractivity contribution in [3.05, 3.63) is 28.8 Å². The molecule has 2 aliphatic heterocycles. The van der Waals surface area contributed by atoms with Gasteiger partial charge in [-0.3, -0.25) is 0 Å². The van der Waals surface area contributed by atoms with Crippen LogP contribution in [0.2, 0.25) is 5.02 Å². The van der Waals surface area contributed by atoms with Gasteiger partial charge in [-0.15, -0.1) is 0 Å². The van der Waals surface area contributed by atoms with Crippen molar-refractivity contribution in [2.45, 2.75) is 25.0 Å². The number of rotatable bonds is 1. The first-order valence-corrected chi connectivity index (χ1v) is 6.34. The minimum Gasteiger partial charge on any atom is -0.490 e. The Labute approximate surface area is 105 Å². The summed E-state index contributed by atoms with van der Waals surface area (Å²) in [5.41, 5.74) is 0.799. The first-order chi connectivity index (χ1) is 8.24. The molecule has 1 aromatic carbocycles. The van der Waals surface area contributed by atoms with E-state index in [0.717, 1.165) is 30.9 Å². The van der Waals surface area contributed by atoms with Crippen molar-refractivity contribution in [2.24, 2.45) is 5.92 Å². The summed E-state index contributed by atoms with van der Waals surface area (Å²) >= 11 is 5.92. The maximum Gasteiger partial charge on any atom is 0.125 e. The van der Waals surface area contributed by atoms with Gasteiger partial charge in [0.15, 0.2) is 0 Å². The van der Waals surface area contributed by atoms with Gasteiger partial charge in [-0.25, -0.2) is 0 Å². The largest absolute Gasteiger partial charge is 0.490 e. The van der Waals surface area contributed by atoms with E-state index in [4.69, 9.17) is 21.1 Å². The quantitative estimate of drug-likeness (QED) is 0.837. The fraction of sp³-hybridized carbons (Fsp3) is 0.538. The molecule has 4 heteroatoms. The molecule has 3 unspecified atom stereocenters. The molecule has 92 valence electrons. The van der Waals surface area contributed by atoms with Crippen molar-refractivity contribution in [2.75, 3.05) is 13.2 Å². The molecular weight excluding hydrogens is 240 g/mol. The van der Waals surface area contributed by atoms with Gasteiger partial charge in [0.05, 0.1) is 12.7 Å². The van der Waals surface area contributed by atoms with Crippen molar-refractivity contribution in [3.63, 3.8) is 0 Å². The second kappa shape index (κ2) is 4.48. The van der Waals surface area contributed by atoms with Gasteiger partial charge in [-0.2, -0.15) is 0 Å². The van der Waals surface area contributed by atoms with E-state index in [1.165, 1.54) is 0 Å². The zero-order valence-electron chi connectivity index (χ0n) is 9.43. The van der Waals surface area contributed by atoms with Crippen LogP contribution < -0.4 is 4.74 Å². The number of benzene rings is 1. The number of fused-ring (bicyclic) bond motifs is 1. The van der Waals surface area contributed by atoms with Crippen LogP contribution in [0.3, 0.4) is 0 Å². The maximum absolute atomic E-state index is 10.1. The van der Waals surface area contributed by atoms with Gasteiger partial charge in [0, 0.05) is 29.5 Å². The molecule has 0 amide bonds. The molecule has 2 heterocycles. The molecule has 0 bridgehead atoms.